The average Bonchev–Trinajstić information content (AvgIpc) is 3.10. The topological polar surface area (TPSA) is 156 Å². The van der Waals surface area contributed by atoms with Crippen molar-refractivity contribution in [2.24, 2.45) is 41.2 Å². The van der Waals surface area contributed by atoms with Crippen molar-refractivity contribution in [2.45, 2.75) is 106 Å². The molecule has 0 aliphatic carbocycles. The first-order valence-corrected chi connectivity index (χ1v) is 13.6. The zero-order valence-electron chi connectivity index (χ0n) is 25.1. The van der Waals surface area contributed by atoms with Gasteiger partial charge in [-0.2, -0.15) is 0 Å². The number of unbranched alkanes of at least 4 members (excludes halogenated alkanes) is 1. The average molecular weight is 570 g/mol. The number of aliphatic carboxylic acids is 2. The summed E-state index contributed by atoms with van der Waals surface area (Å²) in [6, 6.07) is 0. The number of aldehydes is 1. The third-order valence-electron chi connectivity index (χ3n) is 5.61. The molecule has 0 saturated carbocycles. The summed E-state index contributed by atoms with van der Waals surface area (Å²) < 4.78 is 10.7. The van der Waals surface area contributed by atoms with Crippen molar-refractivity contribution in [1.82, 2.24) is 0 Å². The molecule has 1 rings (SSSR count). The molecule has 3 N–H and O–H groups in total. The van der Waals surface area contributed by atoms with Gasteiger partial charge in [0.25, 0.3) is 0 Å². The molecule has 0 bridgehead atoms. The molecule has 0 radical (unpaired) electrons. The van der Waals surface area contributed by atoms with Crippen LogP contribution in [0.3, 0.4) is 0 Å². The number of hydrogen-bond acceptors (Lipinski definition) is 8. The molecular weight excluding hydrogens is 517 g/mol. The Bertz CT molecular complexity index is 642. The third kappa shape index (κ3) is 25.9. The summed E-state index contributed by atoms with van der Waals surface area (Å²) in [6.07, 6.45) is 5.65. The predicted molar refractivity (Wildman–Crippen MR) is 141 cm³/mol. The van der Waals surface area contributed by atoms with Gasteiger partial charge in [-0.3, -0.25) is 9.59 Å². The molecule has 1 saturated heterocycles. The molecule has 0 aromatic rings. The van der Waals surface area contributed by atoms with Crippen LogP contribution in [0.4, 0.5) is 0 Å². The summed E-state index contributed by atoms with van der Waals surface area (Å²) in [5.74, 6) is -0.512. The fourth-order valence-corrected chi connectivity index (χ4v) is 4.08. The van der Waals surface area contributed by atoms with Crippen molar-refractivity contribution in [1.29, 1.82) is 0 Å². The Hall–Kier alpha value is -0.364. The van der Waals surface area contributed by atoms with Gasteiger partial charge in [-0.05, 0) is 62.3 Å². The third-order valence-corrected chi connectivity index (χ3v) is 5.61. The number of esters is 1. The number of carbonyl (C=O) groups is 4. The fraction of sp³-hybridized carbons (Fsp3) is 0.857. The number of hydrogen-bond donors (Lipinski definition) is 2. The number of nitrogens with two attached hydrogens (primary N) is 1. The van der Waals surface area contributed by atoms with Gasteiger partial charge >= 0.3 is 63.3 Å². The van der Waals surface area contributed by atoms with E-state index in [1.807, 2.05) is 13.8 Å². The van der Waals surface area contributed by atoms with Crippen molar-refractivity contribution < 1.29 is 90.2 Å². The van der Waals surface area contributed by atoms with Gasteiger partial charge in [0, 0.05) is 24.2 Å². The summed E-state index contributed by atoms with van der Waals surface area (Å²) >= 11 is 0. The maximum atomic E-state index is 11.2. The zero-order chi connectivity index (χ0) is 29.0. The van der Waals surface area contributed by atoms with Gasteiger partial charge in [-0.15, -0.1) is 0 Å². The number of rotatable bonds is 16. The van der Waals surface area contributed by atoms with Crippen LogP contribution >= 0.6 is 0 Å². The molecule has 1 heterocycles. The largest absolute Gasteiger partial charge is 1.00 e. The van der Waals surface area contributed by atoms with Gasteiger partial charge in [-0.1, -0.05) is 54.9 Å². The van der Waals surface area contributed by atoms with E-state index in [1.54, 1.807) is 0 Å². The van der Waals surface area contributed by atoms with Gasteiger partial charge in [0.2, 0.25) is 6.29 Å². The van der Waals surface area contributed by atoms with Crippen LogP contribution in [-0.2, 0) is 28.7 Å². The number of carboxylic acids is 2. The Morgan fingerprint density at radius 1 is 1.11 bits per heavy atom. The van der Waals surface area contributed by atoms with Crippen LogP contribution in [-0.4, -0.2) is 48.7 Å². The van der Waals surface area contributed by atoms with E-state index in [2.05, 4.69) is 34.6 Å². The first-order valence-electron chi connectivity index (χ1n) is 13.6. The molecule has 9 nitrogen and oxygen atoms in total. The molecule has 1 aliphatic heterocycles. The second-order valence-electron chi connectivity index (χ2n) is 11.1. The van der Waals surface area contributed by atoms with Gasteiger partial charge in [0.1, 0.15) is 6.29 Å². The first kappa shape index (κ1) is 42.1. The molecule has 10 heteroatoms. The van der Waals surface area contributed by atoms with E-state index >= 15 is 0 Å². The molecule has 1 fully saturated rings. The molecule has 38 heavy (non-hydrogen) atoms. The van der Waals surface area contributed by atoms with E-state index in [-0.39, 0.29) is 94.2 Å². The van der Waals surface area contributed by atoms with Crippen LogP contribution in [0.2, 0.25) is 0 Å². The van der Waals surface area contributed by atoms with Crippen LogP contribution in [0.5, 0.6) is 0 Å². The first-order chi connectivity index (χ1) is 17.2. The molecule has 0 spiro atoms. The minimum atomic E-state index is -1.15. The van der Waals surface area contributed by atoms with Crippen LogP contribution in [0.15, 0.2) is 0 Å². The number of carboxylic acid groups (broad SMARTS) is 2. The summed E-state index contributed by atoms with van der Waals surface area (Å²) in [5, 5.41) is 18.6. The SMILES string of the molecule is CC(C)CC(C=O)CC(=O)[O-].CC(C)C[C@H](CN)CC(=O)O.CCCCOC1OC(=O)CC1CC(C)C.[K+]. The molecular formula is C28H52KNO8. The Labute approximate surface area is 272 Å². The van der Waals surface area contributed by atoms with E-state index in [9.17, 15) is 24.3 Å². The van der Waals surface area contributed by atoms with Gasteiger partial charge in [-0.25, -0.2) is 0 Å². The van der Waals surface area contributed by atoms with E-state index in [0.717, 1.165) is 25.7 Å². The summed E-state index contributed by atoms with van der Waals surface area (Å²) in [4.78, 5) is 41.8. The van der Waals surface area contributed by atoms with Crippen molar-refractivity contribution in [3.05, 3.63) is 0 Å². The number of carbonyl (C=O) groups excluding carboxylic acids is 3. The van der Waals surface area contributed by atoms with E-state index in [1.165, 1.54) is 0 Å². The van der Waals surface area contributed by atoms with Crippen molar-refractivity contribution in [3.63, 3.8) is 0 Å². The number of cyclic esters (lactones) is 1. The van der Waals surface area contributed by atoms with E-state index in [4.69, 9.17) is 20.3 Å². The van der Waals surface area contributed by atoms with E-state index in [0.29, 0.717) is 50.0 Å². The van der Waals surface area contributed by atoms with Crippen LogP contribution in [0.1, 0.15) is 99.8 Å². The monoisotopic (exact) mass is 569 g/mol. The standard InChI is InChI=1S/C12H22O3.C8H17NO2.C8H14O3.K/c1-4-5-6-14-12-10(7-9(2)3)8-11(13)15-12;2*1-6(2)3-7(5-9)4-8(10)11;/h9-10,12H,4-8H2,1-3H3;6-7H,3-5,9H2,1-2H3,(H,10,11);5-7H,3-4H2,1-2H3,(H,10,11);/q;;;+1/p-1/t;7-;;/m.0../s1. The van der Waals surface area contributed by atoms with Crippen molar-refractivity contribution >= 4 is 24.2 Å². The Kier molecular flexibility index (Phi) is 28.4. The molecule has 1 aliphatic rings. The minimum Gasteiger partial charge on any atom is -0.550 e. The molecule has 0 amide bonds. The summed E-state index contributed by atoms with van der Waals surface area (Å²) in [5.41, 5.74) is 5.41. The normalized spacial score (nSPS) is 17.9. The molecule has 4 atom stereocenters. The molecule has 0 aromatic carbocycles. The van der Waals surface area contributed by atoms with Crippen LogP contribution in [0.25, 0.3) is 0 Å². The summed E-state index contributed by atoms with van der Waals surface area (Å²) in [7, 11) is 0. The smallest absolute Gasteiger partial charge is 0.550 e. The second-order valence-corrected chi connectivity index (χ2v) is 11.1. The van der Waals surface area contributed by atoms with Crippen molar-refractivity contribution in [2.75, 3.05) is 13.2 Å². The molecule has 0 aromatic heterocycles. The predicted octanol–water partition coefficient (Wildman–Crippen LogP) is 0.812. The molecule has 3 unspecified atom stereocenters. The Balaban J connectivity index is -0.000000488. The quantitative estimate of drug-likeness (QED) is 0.119. The maximum Gasteiger partial charge on any atom is 1.00 e. The van der Waals surface area contributed by atoms with Crippen LogP contribution in [0, 0.1) is 35.5 Å². The zero-order valence-corrected chi connectivity index (χ0v) is 28.2. The van der Waals surface area contributed by atoms with Crippen LogP contribution < -0.4 is 62.2 Å². The fourth-order valence-electron chi connectivity index (χ4n) is 4.08. The Morgan fingerprint density at radius 2 is 1.68 bits per heavy atom. The van der Waals surface area contributed by atoms with Gasteiger partial charge in [0.15, 0.2) is 0 Å². The number of ether oxygens (including phenoxy) is 2. The Morgan fingerprint density at radius 3 is 2.08 bits per heavy atom. The molecule has 218 valence electrons. The summed E-state index contributed by atoms with van der Waals surface area (Å²) in [6.45, 7) is 15.7. The maximum absolute atomic E-state index is 11.2. The van der Waals surface area contributed by atoms with Gasteiger partial charge < -0.3 is 35.0 Å². The van der Waals surface area contributed by atoms with E-state index < -0.39 is 11.9 Å². The minimum absolute atomic E-state index is 0. The second kappa shape index (κ2) is 25.6. The van der Waals surface area contributed by atoms with Gasteiger partial charge in [0.05, 0.1) is 13.0 Å². The van der Waals surface area contributed by atoms with Crippen molar-refractivity contribution in [3.8, 4) is 0 Å².